The molecule has 30 heteroatoms. The van der Waals surface area contributed by atoms with Crippen LogP contribution in [0.4, 0.5) is 52.4 Å². The third-order valence-corrected chi connectivity index (χ3v) is 31.5. The molecule has 5 N–H and O–H groups in total. The van der Waals surface area contributed by atoms with Crippen LogP contribution in [0, 0.1) is 64.2 Å². The molecule has 0 atom stereocenters. The maximum absolute atomic E-state index is 12.2. The molecule has 5 aromatic carbocycles. The Bertz CT molecular complexity index is 5880. The molecule has 5 saturated carbocycles. The molecule has 5 heterocycles. The van der Waals surface area contributed by atoms with Crippen LogP contribution in [0.15, 0.2) is 90.6 Å². The number of hydrogen-bond acceptors (Lipinski definition) is 15. The minimum Gasteiger partial charge on any atom is -0.368 e. The molecule has 10 amide bonds. The molecule has 140 heavy (non-hydrogen) atoms. The van der Waals surface area contributed by atoms with Crippen molar-refractivity contribution < 1.29 is 61.0 Å². The number of nitrogens with one attached hydrogen (secondary N) is 5. The molecular weight excluding hydrogens is 1860 g/mol. The zero-order valence-electron chi connectivity index (χ0n) is 112. The number of rotatable bonds is 25. The SMILES string of the molecule is [2H]c1c([2H])c(C)c(Cl)c(N2CCN(C([2H])([2H])CC3CCC(NC(=O)N(C)C)CC3)CC2)c1[2H].[2H]c1c([2H])c(C)c(Cl)c(N2CCN(CC([2H])([2H])C3CCC(NC(=O)N(C)C([2H])([2H])[2H])CC3)CC2)c1[2H].[2H]c1c([2H])c(C)c(Cl)c(N2CCN(CC([2H])([2H])C3CCC(NC(=O)N(C)C)CC3)CC2)c1[2H].[2H]c1c([2H])c(C)c(Cl)c(N2CCN(CCC3CCC(NC(=O)N(C)C([2H])([2H])[2H])CC3)CC2)c1[2H].[2H]c1c([2H])c(C)c(Cl)c(N2CCN(CCC3CCC(NC(=O)N(C)C)CC3)CC2)c1[2H]. The fourth-order valence-corrected chi connectivity index (χ4v) is 20.8. The van der Waals surface area contributed by atoms with E-state index in [0.29, 0.717) is 215 Å². The van der Waals surface area contributed by atoms with Crippen LogP contribution >= 0.6 is 58.0 Å². The number of anilines is 5. The van der Waals surface area contributed by atoms with E-state index in [4.69, 9.17) is 95.0 Å². The van der Waals surface area contributed by atoms with Crippen LogP contribution in [0.25, 0.3) is 0 Å². The quantitative estimate of drug-likeness (QED) is 0.0370. The molecule has 0 radical (unpaired) electrons. The van der Waals surface area contributed by atoms with Crippen molar-refractivity contribution in [1.82, 2.24) is 75.6 Å². The van der Waals surface area contributed by atoms with E-state index in [1.165, 1.54) is 43.2 Å². The zero-order valence-corrected chi connectivity index (χ0v) is 88.9. The van der Waals surface area contributed by atoms with Gasteiger partial charge in [0.1, 0.15) is 0 Å². The van der Waals surface area contributed by atoms with Crippen molar-refractivity contribution in [2.75, 3.05) is 258 Å². The Kier molecular flexibility index (Phi) is 32.9. The summed E-state index contributed by atoms with van der Waals surface area (Å²) in [5, 5.41) is 16.6. The maximum atomic E-state index is 12.2. The van der Waals surface area contributed by atoms with Gasteiger partial charge < -0.3 is 75.6 Å². The van der Waals surface area contributed by atoms with Crippen LogP contribution in [0.1, 0.15) is 225 Å². The van der Waals surface area contributed by atoms with Crippen molar-refractivity contribution in [2.24, 2.45) is 29.6 Å². The number of halogens is 5. The molecule has 25 nitrogen and oxygen atoms in total. The lowest BCUT2D eigenvalue weighted by molar-refractivity contribution is 0.194. The summed E-state index contributed by atoms with van der Waals surface area (Å²) in [4.78, 5) is 86.9. The lowest BCUT2D eigenvalue weighted by Crippen LogP contribution is -2.47. The predicted molar refractivity (Wildman–Crippen MR) is 587 cm³/mol. The highest BCUT2D eigenvalue weighted by molar-refractivity contribution is 6.35. The average molecular weight is 2060 g/mol. The van der Waals surface area contributed by atoms with Gasteiger partial charge in [0.05, 0.1) is 74.1 Å². The van der Waals surface area contributed by atoms with E-state index in [2.05, 4.69) is 56.0 Å². The highest BCUT2D eigenvalue weighted by atomic mass is 35.5. The molecule has 5 aliphatic heterocycles. The molecule has 0 bridgehead atoms. The first kappa shape index (κ1) is 79.9. The van der Waals surface area contributed by atoms with Crippen LogP contribution in [-0.2, 0) is 0 Å². The van der Waals surface area contributed by atoms with Crippen molar-refractivity contribution >= 4 is 117 Å². The molecule has 780 valence electrons. The van der Waals surface area contributed by atoms with Gasteiger partial charge in [0.25, 0.3) is 0 Å². The summed E-state index contributed by atoms with van der Waals surface area (Å²) in [6, 6.07) is -1.37. The first-order valence-corrected chi connectivity index (χ1v) is 52.7. The molecule has 10 fully saturated rings. The third-order valence-electron chi connectivity index (χ3n) is 29.2. The molecule has 0 spiro atoms. The molecule has 5 saturated heterocycles. The minimum atomic E-state index is -2.50. The van der Waals surface area contributed by atoms with Gasteiger partial charge in [-0.25, -0.2) is 24.0 Å². The first-order chi connectivity index (χ1) is 78.0. The number of hydrogen-bond donors (Lipinski definition) is 5. The second-order valence-electron chi connectivity index (χ2n) is 40.1. The van der Waals surface area contributed by atoms with Crippen LogP contribution in [0.2, 0.25) is 25.1 Å². The maximum Gasteiger partial charge on any atom is 0.317 e. The summed E-state index contributed by atoms with van der Waals surface area (Å²) in [5.41, 5.74) is 5.29. The summed E-state index contributed by atoms with van der Waals surface area (Å²) in [7, 11) is 13.0. The molecule has 0 aromatic heterocycles. The van der Waals surface area contributed by atoms with E-state index < -0.39 is 45.3 Å². The van der Waals surface area contributed by atoms with Crippen LogP contribution in [0.5, 0.6) is 0 Å². The van der Waals surface area contributed by atoms with Crippen molar-refractivity contribution in [3.05, 3.63) is 144 Å². The number of benzene rings is 5. The van der Waals surface area contributed by atoms with Crippen LogP contribution in [0.3, 0.4) is 0 Å². The Morgan fingerprint density at radius 1 is 0.279 bits per heavy atom. The molecule has 5 aliphatic carbocycles. The number of amides is 10. The van der Waals surface area contributed by atoms with Crippen LogP contribution < -0.4 is 51.1 Å². The summed E-state index contributed by atoms with van der Waals surface area (Å²) in [6.45, 7) is 18.3. The fourth-order valence-electron chi connectivity index (χ4n) is 19.7. The lowest BCUT2D eigenvalue weighted by Gasteiger charge is -2.37. The summed E-state index contributed by atoms with van der Waals surface area (Å²) in [6.07, 6.45) is 17.3. The number of urea groups is 5. The Morgan fingerprint density at radius 2 is 0.471 bits per heavy atom. The zero-order chi connectivity index (χ0) is 124. The minimum absolute atomic E-state index is 0.00218. The number of carbonyl (C=O) groups is 5. The van der Waals surface area contributed by atoms with Gasteiger partial charge >= 0.3 is 30.2 Å². The largest absolute Gasteiger partial charge is 0.368 e. The highest BCUT2D eigenvalue weighted by Gasteiger charge is 2.33. The summed E-state index contributed by atoms with van der Waals surface area (Å²) >= 11 is 32.2. The predicted octanol–water partition coefficient (Wildman–Crippen LogP) is 20.0. The summed E-state index contributed by atoms with van der Waals surface area (Å²) in [5.74, 6) is 1.42. The van der Waals surface area contributed by atoms with Gasteiger partial charge in [-0.1, -0.05) is 118 Å². The Labute approximate surface area is 905 Å². The van der Waals surface area contributed by atoms with Gasteiger partial charge in [-0.2, -0.15) is 0 Å². The van der Waals surface area contributed by atoms with Crippen molar-refractivity contribution in [3.8, 4) is 0 Å². The van der Waals surface area contributed by atoms with E-state index in [0.717, 1.165) is 173 Å². The van der Waals surface area contributed by atoms with E-state index in [-0.39, 0.29) is 157 Å². The highest BCUT2D eigenvalue weighted by Crippen LogP contribution is 2.39. The second-order valence-corrected chi connectivity index (χ2v) is 42.0. The third kappa shape index (κ3) is 35.8. The number of carbonyl (C=O) groups excluding carboxylic acids is 5. The van der Waals surface area contributed by atoms with Crippen molar-refractivity contribution in [3.63, 3.8) is 0 Å². The van der Waals surface area contributed by atoms with Gasteiger partial charge in [0.15, 0.2) is 0 Å². The number of piperazine rings is 5. The normalized spacial score (nSPS) is 26.8. The van der Waals surface area contributed by atoms with E-state index >= 15 is 0 Å². The van der Waals surface area contributed by atoms with Gasteiger partial charge in [0, 0.05) is 248 Å². The molecule has 0 unspecified atom stereocenters. The Morgan fingerprint density at radius 3 is 0.686 bits per heavy atom. The van der Waals surface area contributed by atoms with Crippen molar-refractivity contribution in [2.45, 2.75) is 225 Å². The van der Waals surface area contributed by atoms with Gasteiger partial charge in [-0.15, -0.1) is 0 Å². The lowest BCUT2D eigenvalue weighted by atomic mass is 9.84. The van der Waals surface area contributed by atoms with Gasteiger partial charge in [0.2, 0.25) is 0 Å². The van der Waals surface area contributed by atoms with E-state index in [1.54, 1.807) is 81.8 Å². The molecule has 10 aliphatic rings. The topological polar surface area (TPSA) is 194 Å². The standard InChI is InChI=1S/5C22H35ClN4O/c5*1-17-5-4-6-20(21(17)23)27-15-13-26(14-16-27)12-11-18-7-9-19(10-8-18)24-22(28)25(2)3/h5*4-6,18-19H,7-16H2,1-3H3,(H,24,28)/i2D3,4D,5D,6D,11D2;4D,5D,6D,12D2;4D,5D,6D,11D2;2D3,4D,5D,6D;4D,5D,6D. The Balaban J connectivity index is 0.000000196. The first-order valence-electron chi connectivity index (χ1n) is 64.3. The molecule has 5 aromatic rings. The van der Waals surface area contributed by atoms with E-state index in [1.807, 2.05) is 19.6 Å². The van der Waals surface area contributed by atoms with E-state index in [9.17, 15) is 24.0 Å². The van der Waals surface area contributed by atoms with Gasteiger partial charge in [-0.3, -0.25) is 24.5 Å². The molecule has 15 rings (SSSR count). The smallest absolute Gasteiger partial charge is 0.317 e. The van der Waals surface area contributed by atoms with Crippen molar-refractivity contribution in [1.29, 1.82) is 0 Å². The van der Waals surface area contributed by atoms with Crippen LogP contribution in [-0.4, -0.2) is 343 Å². The average Bonchev–Trinajstić information content (AvgIpc) is 0.786. The Hall–Kier alpha value is -7.30. The summed E-state index contributed by atoms with van der Waals surface area (Å²) < 4.78 is 218. The molecular formula is C110H175Cl5N20O5. The van der Waals surface area contributed by atoms with Gasteiger partial charge in [-0.05, 0) is 315 Å². The second kappa shape index (κ2) is 57.6. The number of nitrogens with zero attached hydrogens (tertiary/aromatic N) is 15. The fraction of sp³-hybridized carbons (Fsp3) is 0.682. The monoisotopic (exact) mass is 2060 g/mol.